The first kappa shape index (κ1) is 14.7. The van der Waals surface area contributed by atoms with Gasteiger partial charge in [0.05, 0.1) is 0 Å². The standard InChI is InChI=1S/C14H15NS.Na/c1-11-3-7-13(8-4-11)16(15)14-9-5-12(2)6-10-14;/h3-10,15H,1-2H3;. The van der Waals surface area contributed by atoms with Gasteiger partial charge in [0.25, 0.3) is 0 Å². The van der Waals surface area contributed by atoms with Gasteiger partial charge < -0.3 is 0 Å². The molecule has 0 atom stereocenters. The van der Waals surface area contributed by atoms with Crippen molar-refractivity contribution in [3.63, 3.8) is 0 Å². The maximum atomic E-state index is 8.22. The van der Waals surface area contributed by atoms with E-state index in [-0.39, 0.29) is 29.6 Å². The molecule has 83 valence electrons. The van der Waals surface area contributed by atoms with E-state index in [1.807, 2.05) is 24.3 Å². The molecule has 1 nitrogen and oxygen atoms in total. The molecule has 2 aromatic rings. The van der Waals surface area contributed by atoms with Crippen molar-refractivity contribution < 1.29 is 0 Å². The average molecular weight is 252 g/mol. The van der Waals surface area contributed by atoms with E-state index in [9.17, 15) is 0 Å². The Morgan fingerprint density at radius 3 is 1.29 bits per heavy atom. The third-order valence-electron chi connectivity index (χ3n) is 2.51. The van der Waals surface area contributed by atoms with Crippen LogP contribution in [0.4, 0.5) is 0 Å². The normalized spacial score (nSPS) is 10.1. The smallest absolute Gasteiger partial charge is 0.0229 e. The fourth-order valence-corrected chi connectivity index (χ4v) is 2.57. The number of aryl methyl sites for hydroxylation is 2. The molecule has 0 aliphatic heterocycles. The molecular formula is C14H15NNaS. The van der Waals surface area contributed by atoms with Crippen molar-refractivity contribution in [2.75, 3.05) is 0 Å². The summed E-state index contributed by atoms with van der Waals surface area (Å²) in [5.74, 6) is 0. The Morgan fingerprint density at radius 2 is 1.00 bits per heavy atom. The van der Waals surface area contributed by atoms with Crippen molar-refractivity contribution in [2.45, 2.75) is 23.6 Å². The van der Waals surface area contributed by atoms with Gasteiger partial charge in [0, 0.05) is 39.3 Å². The van der Waals surface area contributed by atoms with Crippen LogP contribution < -0.4 is 0 Å². The first-order valence-electron chi connectivity index (χ1n) is 5.26. The van der Waals surface area contributed by atoms with Crippen molar-refractivity contribution in [2.24, 2.45) is 0 Å². The quantitative estimate of drug-likeness (QED) is 0.788. The number of rotatable bonds is 2. The van der Waals surface area contributed by atoms with Gasteiger partial charge >= 0.3 is 0 Å². The molecule has 1 N–H and O–H groups in total. The van der Waals surface area contributed by atoms with Crippen molar-refractivity contribution in [1.29, 1.82) is 4.78 Å². The first-order valence-corrected chi connectivity index (χ1v) is 6.48. The molecule has 0 fully saturated rings. The van der Waals surface area contributed by atoms with Crippen LogP contribution in [0.5, 0.6) is 0 Å². The van der Waals surface area contributed by atoms with E-state index < -0.39 is 10.7 Å². The SMILES string of the molecule is Cc1ccc(S(=N)c2ccc(C)cc2)cc1.[Na]. The van der Waals surface area contributed by atoms with Crippen molar-refractivity contribution in [3.05, 3.63) is 59.7 Å². The predicted molar refractivity (Wildman–Crippen MR) is 74.7 cm³/mol. The van der Waals surface area contributed by atoms with E-state index in [4.69, 9.17) is 4.78 Å². The van der Waals surface area contributed by atoms with Gasteiger partial charge in [0.1, 0.15) is 0 Å². The molecule has 2 rings (SSSR count). The Hall–Kier alpha value is -0.410. The molecule has 0 saturated carbocycles. The second-order valence-electron chi connectivity index (χ2n) is 3.93. The van der Waals surface area contributed by atoms with Crippen LogP contribution in [0.25, 0.3) is 0 Å². The van der Waals surface area contributed by atoms with Crippen molar-refractivity contribution >= 4 is 40.2 Å². The summed E-state index contributed by atoms with van der Waals surface area (Å²) in [4.78, 5) is 2.16. The van der Waals surface area contributed by atoms with E-state index in [0.717, 1.165) is 9.79 Å². The van der Waals surface area contributed by atoms with Gasteiger partial charge in [-0.3, -0.25) is 4.78 Å². The van der Waals surface area contributed by atoms with E-state index in [0.29, 0.717) is 0 Å². The second-order valence-corrected chi connectivity index (χ2v) is 5.49. The summed E-state index contributed by atoms with van der Waals surface area (Å²) in [5.41, 5.74) is 2.48. The van der Waals surface area contributed by atoms with Gasteiger partial charge in [0.2, 0.25) is 0 Å². The summed E-state index contributed by atoms with van der Waals surface area (Å²) in [5, 5.41) is 0. The first-order chi connectivity index (χ1) is 7.66. The van der Waals surface area contributed by atoms with E-state index >= 15 is 0 Å². The van der Waals surface area contributed by atoms with Crippen LogP contribution in [0.2, 0.25) is 0 Å². The molecule has 0 amide bonds. The van der Waals surface area contributed by atoms with Crippen LogP contribution in [0, 0.1) is 18.6 Å². The zero-order valence-electron chi connectivity index (χ0n) is 10.5. The van der Waals surface area contributed by atoms with Gasteiger partial charge in [-0.15, -0.1) is 0 Å². The number of nitrogens with one attached hydrogen (secondary N) is 1. The maximum Gasteiger partial charge on any atom is 0.0229 e. The fraction of sp³-hybridized carbons (Fsp3) is 0.143. The Kier molecular flexibility index (Phi) is 5.60. The summed E-state index contributed by atoms with van der Waals surface area (Å²) in [7, 11) is -0.563. The zero-order chi connectivity index (χ0) is 11.5. The Labute approximate surface area is 127 Å². The number of hydrogen-bond donors (Lipinski definition) is 1. The number of hydrogen-bond acceptors (Lipinski definition) is 1. The van der Waals surface area contributed by atoms with Crippen LogP contribution >= 0.6 is 0 Å². The van der Waals surface area contributed by atoms with Crippen LogP contribution in [-0.2, 0) is 10.7 Å². The van der Waals surface area contributed by atoms with Gasteiger partial charge in [-0.2, -0.15) is 0 Å². The Bertz CT molecular complexity index is 455. The van der Waals surface area contributed by atoms with Crippen LogP contribution in [-0.4, -0.2) is 29.6 Å². The van der Waals surface area contributed by atoms with Crippen LogP contribution in [0.1, 0.15) is 11.1 Å². The molecule has 0 unspecified atom stereocenters. The third-order valence-corrected chi connectivity index (χ3v) is 4.00. The molecule has 1 radical (unpaired) electrons. The zero-order valence-corrected chi connectivity index (χ0v) is 13.3. The molecule has 0 aliphatic rings. The fourth-order valence-electron chi connectivity index (χ4n) is 1.48. The van der Waals surface area contributed by atoms with E-state index in [2.05, 4.69) is 38.1 Å². The molecule has 0 spiro atoms. The summed E-state index contributed by atoms with van der Waals surface area (Å²) < 4.78 is 8.22. The molecule has 2 aromatic carbocycles. The Balaban J connectivity index is 0.00000144. The summed E-state index contributed by atoms with van der Waals surface area (Å²) in [6, 6.07) is 16.5. The number of benzene rings is 2. The molecule has 0 aliphatic carbocycles. The summed E-state index contributed by atoms with van der Waals surface area (Å²) >= 11 is 0. The second kappa shape index (κ2) is 6.50. The molecule has 0 heterocycles. The predicted octanol–water partition coefficient (Wildman–Crippen LogP) is 3.72. The molecule has 3 heteroatoms. The minimum Gasteiger partial charge on any atom is -0.271 e. The third kappa shape index (κ3) is 3.78. The van der Waals surface area contributed by atoms with E-state index in [1.54, 1.807) is 0 Å². The molecule has 17 heavy (non-hydrogen) atoms. The van der Waals surface area contributed by atoms with E-state index in [1.165, 1.54) is 11.1 Å². The van der Waals surface area contributed by atoms with Gasteiger partial charge in [-0.1, -0.05) is 35.4 Å². The van der Waals surface area contributed by atoms with Gasteiger partial charge in [0.15, 0.2) is 0 Å². The Morgan fingerprint density at radius 1 is 0.706 bits per heavy atom. The van der Waals surface area contributed by atoms with Crippen molar-refractivity contribution in [1.82, 2.24) is 0 Å². The minimum atomic E-state index is -0.563. The molecule has 0 bridgehead atoms. The van der Waals surface area contributed by atoms with Crippen molar-refractivity contribution in [3.8, 4) is 0 Å². The molecule has 0 aromatic heterocycles. The minimum absolute atomic E-state index is 0. The van der Waals surface area contributed by atoms with Gasteiger partial charge in [-0.25, -0.2) is 0 Å². The summed E-state index contributed by atoms with van der Waals surface area (Å²) in [6.45, 7) is 4.13. The summed E-state index contributed by atoms with van der Waals surface area (Å²) in [6.07, 6.45) is 0. The largest absolute Gasteiger partial charge is 0.271 e. The topological polar surface area (TPSA) is 23.9 Å². The monoisotopic (exact) mass is 252 g/mol. The van der Waals surface area contributed by atoms with Gasteiger partial charge in [-0.05, 0) is 48.8 Å². The van der Waals surface area contributed by atoms with Crippen LogP contribution in [0.3, 0.4) is 0 Å². The average Bonchev–Trinajstić information content (AvgIpc) is 2.30. The maximum absolute atomic E-state index is 8.22. The molecular weight excluding hydrogens is 237 g/mol. The molecule has 0 saturated heterocycles. The van der Waals surface area contributed by atoms with Crippen LogP contribution in [0.15, 0.2) is 58.3 Å².